The fraction of sp³-hybridized carbons (Fsp3) is 0.217. The standard InChI is InChI=1S/C23H23ClN2O3S/c1-23(2,3)17-5-8-19(9-6-17)30(28,29)25-21-10-7-18(24)15-20(21)22(27)16-11-13-26(4)14-12-16/h5-15H,1-4H3/p+1. The Balaban J connectivity index is 1.96. The quantitative estimate of drug-likeness (QED) is 0.466. The fourth-order valence-electron chi connectivity index (χ4n) is 2.94. The lowest BCUT2D eigenvalue weighted by molar-refractivity contribution is -0.671. The highest BCUT2D eigenvalue weighted by molar-refractivity contribution is 7.92. The summed E-state index contributed by atoms with van der Waals surface area (Å²) in [5.74, 6) is -0.320. The number of carbonyl (C=O) groups is 1. The van der Waals surface area contributed by atoms with E-state index in [1.807, 2.05) is 7.05 Å². The van der Waals surface area contributed by atoms with Gasteiger partial charge >= 0.3 is 0 Å². The maximum Gasteiger partial charge on any atom is 0.261 e. The van der Waals surface area contributed by atoms with Crippen molar-refractivity contribution in [3.8, 4) is 0 Å². The van der Waals surface area contributed by atoms with E-state index in [4.69, 9.17) is 11.6 Å². The minimum atomic E-state index is -3.88. The molecule has 1 heterocycles. The minimum absolute atomic E-state index is 0.0855. The molecule has 0 aliphatic rings. The Morgan fingerprint density at radius 1 is 0.967 bits per heavy atom. The molecule has 0 fully saturated rings. The first-order valence-electron chi connectivity index (χ1n) is 9.40. The Morgan fingerprint density at radius 3 is 2.13 bits per heavy atom. The average molecular weight is 444 g/mol. The SMILES string of the molecule is C[n+]1ccc(C(=O)c2cc(Cl)ccc2NS(=O)(=O)c2ccc(C(C)(C)C)cc2)cc1. The molecule has 0 aliphatic carbocycles. The number of halogens is 1. The molecule has 0 saturated heterocycles. The van der Waals surface area contributed by atoms with E-state index in [9.17, 15) is 13.2 Å². The van der Waals surface area contributed by atoms with Gasteiger partial charge in [-0.3, -0.25) is 9.52 Å². The molecule has 1 aromatic heterocycles. The van der Waals surface area contributed by atoms with Crippen molar-refractivity contribution < 1.29 is 17.8 Å². The molecule has 1 N–H and O–H groups in total. The van der Waals surface area contributed by atoms with E-state index in [1.165, 1.54) is 12.1 Å². The van der Waals surface area contributed by atoms with Crippen LogP contribution >= 0.6 is 11.6 Å². The van der Waals surface area contributed by atoms with E-state index < -0.39 is 10.0 Å². The molecule has 2 aromatic carbocycles. The monoisotopic (exact) mass is 443 g/mol. The van der Waals surface area contributed by atoms with E-state index in [0.29, 0.717) is 10.6 Å². The van der Waals surface area contributed by atoms with Crippen LogP contribution in [0.2, 0.25) is 5.02 Å². The predicted octanol–water partition coefficient (Wildman–Crippen LogP) is 4.49. The normalized spacial score (nSPS) is 11.9. The number of benzene rings is 2. The third-order valence-electron chi connectivity index (χ3n) is 4.74. The van der Waals surface area contributed by atoms with E-state index in [-0.39, 0.29) is 27.3 Å². The van der Waals surface area contributed by atoms with Crippen molar-refractivity contribution in [2.75, 3.05) is 4.72 Å². The van der Waals surface area contributed by atoms with Gasteiger partial charge in [0, 0.05) is 28.3 Å². The lowest BCUT2D eigenvalue weighted by Crippen LogP contribution is -2.26. The number of aryl methyl sites for hydroxylation is 1. The molecule has 0 amide bonds. The van der Waals surface area contributed by atoms with E-state index in [0.717, 1.165) is 5.56 Å². The molecular formula is C23H24ClN2O3S+. The molecule has 0 atom stereocenters. The molecule has 0 unspecified atom stereocenters. The average Bonchev–Trinajstić information content (AvgIpc) is 2.69. The van der Waals surface area contributed by atoms with Crippen molar-refractivity contribution in [1.29, 1.82) is 0 Å². The molecule has 0 saturated carbocycles. The van der Waals surface area contributed by atoms with E-state index in [1.54, 1.807) is 59.4 Å². The van der Waals surface area contributed by atoms with Crippen molar-refractivity contribution in [1.82, 2.24) is 0 Å². The molecule has 3 rings (SSSR count). The van der Waals surface area contributed by atoms with Crippen molar-refractivity contribution in [2.24, 2.45) is 7.05 Å². The van der Waals surface area contributed by atoms with Crippen molar-refractivity contribution in [3.05, 3.63) is 88.7 Å². The van der Waals surface area contributed by atoms with Crippen LogP contribution in [-0.2, 0) is 22.5 Å². The first-order valence-corrected chi connectivity index (χ1v) is 11.3. The van der Waals surface area contributed by atoms with Crippen LogP contribution in [0.3, 0.4) is 0 Å². The Kier molecular flexibility index (Phi) is 6.01. The van der Waals surface area contributed by atoms with Crippen molar-refractivity contribution in [3.63, 3.8) is 0 Å². The molecule has 3 aromatic rings. The maximum atomic E-state index is 13.0. The number of hydrogen-bond acceptors (Lipinski definition) is 3. The van der Waals surface area contributed by atoms with Crippen LogP contribution in [0.15, 0.2) is 71.9 Å². The van der Waals surface area contributed by atoms with Gasteiger partial charge in [-0.2, -0.15) is 0 Å². The van der Waals surface area contributed by atoms with Gasteiger partial charge in [0.2, 0.25) is 0 Å². The molecule has 0 radical (unpaired) electrons. The summed E-state index contributed by atoms with van der Waals surface area (Å²) in [7, 11) is -2.04. The minimum Gasteiger partial charge on any atom is -0.289 e. The van der Waals surface area contributed by atoms with E-state index in [2.05, 4.69) is 25.5 Å². The smallest absolute Gasteiger partial charge is 0.261 e. The molecule has 30 heavy (non-hydrogen) atoms. The zero-order valence-electron chi connectivity index (χ0n) is 17.3. The largest absolute Gasteiger partial charge is 0.289 e. The lowest BCUT2D eigenvalue weighted by Gasteiger charge is -2.19. The van der Waals surface area contributed by atoms with Crippen molar-refractivity contribution >= 4 is 33.1 Å². The van der Waals surface area contributed by atoms with Crippen LogP contribution in [0.25, 0.3) is 0 Å². The van der Waals surface area contributed by atoms with Gasteiger partial charge in [0.25, 0.3) is 10.0 Å². The maximum absolute atomic E-state index is 13.0. The summed E-state index contributed by atoms with van der Waals surface area (Å²) in [5.41, 5.74) is 1.74. The van der Waals surface area contributed by atoms with Crippen LogP contribution in [0, 0.1) is 0 Å². The highest BCUT2D eigenvalue weighted by atomic mass is 35.5. The van der Waals surface area contributed by atoms with Gasteiger partial charge in [-0.15, -0.1) is 0 Å². The number of ketones is 1. The fourth-order valence-corrected chi connectivity index (χ4v) is 4.19. The van der Waals surface area contributed by atoms with E-state index >= 15 is 0 Å². The Labute approximate surface area is 182 Å². The summed E-state index contributed by atoms with van der Waals surface area (Å²) in [5, 5.41) is 0.345. The number of rotatable bonds is 5. The van der Waals surface area contributed by atoms with Gasteiger partial charge in [0.05, 0.1) is 10.6 Å². The Bertz CT molecular complexity index is 1180. The first-order chi connectivity index (χ1) is 14.0. The number of aromatic nitrogens is 1. The van der Waals surface area contributed by atoms with Crippen LogP contribution < -0.4 is 9.29 Å². The van der Waals surface area contributed by atoms with Crippen LogP contribution in [-0.4, -0.2) is 14.2 Å². The summed E-state index contributed by atoms with van der Waals surface area (Å²) in [6.07, 6.45) is 3.50. The highest BCUT2D eigenvalue weighted by Gasteiger charge is 2.22. The predicted molar refractivity (Wildman–Crippen MR) is 118 cm³/mol. The molecule has 0 bridgehead atoms. The van der Waals surface area contributed by atoms with Gasteiger partial charge in [0.1, 0.15) is 7.05 Å². The summed E-state index contributed by atoms with van der Waals surface area (Å²) in [4.78, 5) is 13.1. The van der Waals surface area contributed by atoms with Gasteiger partial charge in [-0.1, -0.05) is 44.5 Å². The molecular weight excluding hydrogens is 420 g/mol. The third-order valence-corrected chi connectivity index (χ3v) is 6.36. The van der Waals surface area contributed by atoms with Gasteiger partial charge in [-0.25, -0.2) is 13.0 Å². The van der Waals surface area contributed by atoms with Crippen LogP contribution in [0.1, 0.15) is 42.3 Å². The number of sulfonamides is 1. The van der Waals surface area contributed by atoms with Gasteiger partial charge in [0.15, 0.2) is 18.2 Å². The summed E-state index contributed by atoms with van der Waals surface area (Å²) in [6.45, 7) is 6.18. The highest BCUT2D eigenvalue weighted by Crippen LogP contribution is 2.27. The number of nitrogens with one attached hydrogen (secondary N) is 1. The molecule has 156 valence electrons. The van der Waals surface area contributed by atoms with Crippen molar-refractivity contribution in [2.45, 2.75) is 31.1 Å². The summed E-state index contributed by atoms with van der Waals surface area (Å²) < 4.78 is 30.2. The number of hydrogen-bond donors (Lipinski definition) is 1. The second-order valence-corrected chi connectivity index (χ2v) is 10.3. The van der Waals surface area contributed by atoms with Gasteiger partial charge < -0.3 is 0 Å². The molecule has 7 heteroatoms. The topological polar surface area (TPSA) is 67.1 Å². The molecule has 0 aliphatic heterocycles. The summed E-state index contributed by atoms with van der Waals surface area (Å²) in [6, 6.07) is 14.6. The number of anilines is 1. The van der Waals surface area contributed by atoms with Gasteiger partial charge in [-0.05, 0) is 41.3 Å². The number of carbonyl (C=O) groups excluding carboxylic acids is 1. The van der Waals surface area contributed by atoms with Crippen LogP contribution in [0.5, 0.6) is 0 Å². The Morgan fingerprint density at radius 2 is 1.57 bits per heavy atom. The lowest BCUT2D eigenvalue weighted by atomic mass is 9.87. The third kappa shape index (κ3) is 4.89. The Hall–Kier alpha value is -2.70. The number of nitrogens with zero attached hydrogens (tertiary/aromatic N) is 1. The zero-order chi connectivity index (χ0) is 22.1. The first kappa shape index (κ1) is 22.0. The zero-order valence-corrected chi connectivity index (χ0v) is 18.9. The number of pyridine rings is 1. The second-order valence-electron chi connectivity index (χ2n) is 8.15. The molecule has 0 spiro atoms. The van der Waals surface area contributed by atoms with Crippen LogP contribution in [0.4, 0.5) is 5.69 Å². The molecule has 5 nitrogen and oxygen atoms in total. The second kappa shape index (κ2) is 8.20. The summed E-state index contributed by atoms with van der Waals surface area (Å²) >= 11 is 6.09.